The van der Waals surface area contributed by atoms with E-state index < -0.39 is 11.6 Å². The Morgan fingerprint density at radius 3 is 2.41 bits per heavy atom. The Morgan fingerprint density at radius 2 is 1.73 bits per heavy atom. The lowest BCUT2D eigenvalue weighted by Crippen LogP contribution is -2.11. The van der Waals surface area contributed by atoms with Crippen LogP contribution in [0.15, 0.2) is 36.4 Å². The summed E-state index contributed by atoms with van der Waals surface area (Å²) in [6, 6.07) is 8.83. The quantitative estimate of drug-likeness (QED) is 0.794. The molecule has 0 bridgehead atoms. The van der Waals surface area contributed by atoms with Crippen LogP contribution in [0.25, 0.3) is 11.1 Å². The first kappa shape index (κ1) is 14.8. The van der Waals surface area contributed by atoms with Gasteiger partial charge in [0.05, 0.1) is 13.2 Å². The molecule has 1 fully saturated rings. The topological polar surface area (TPSA) is 18.5 Å². The van der Waals surface area contributed by atoms with Gasteiger partial charge in [-0.2, -0.15) is 0 Å². The summed E-state index contributed by atoms with van der Waals surface area (Å²) in [6.07, 6.45) is 4.57. The van der Waals surface area contributed by atoms with Crippen molar-refractivity contribution in [2.24, 2.45) is 0 Å². The number of benzene rings is 2. The molecule has 22 heavy (non-hydrogen) atoms. The van der Waals surface area contributed by atoms with E-state index >= 15 is 0 Å². The number of ether oxygens (including phenoxy) is 2. The lowest BCUT2D eigenvalue weighted by molar-refractivity contribution is 0.201. The van der Waals surface area contributed by atoms with E-state index in [1.54, 1.807) is 25.3 Å². The molecule has 0 spiro atoms. The SMILES string of the molecule is COc1ccc(-c2ccc(F)cc2F)cc1OC1CCCC1. The second kappa shape index (κ2) is 6.34. The minimum absolute atomic E-state index is 0.183. The summed E-state index contributed by atoms with van der Waals surface area (Å²) in [5.74, 6) is 0.0583. The molecule has 0 radical (unpaired) electrons. The Morgan fingerprint density at radius 1 is 0.955 bits per heavy atom. The van der Waals surface area contributed by atoms with Gasteiger partial charge in [-0.1, -0.05) is 6.07 Å². The molecule has 0 amide bonds. The second-order valence-corrected chi connectivity index (χ2v) is 5.51. The van der Waals surface area contributed by atoms with Gasteiger partial charge in [0.25, 0.3) is 0 Å². The van der Waals surface area contributed by atoms with Crippen LogP contribution in [0.5, 0.6) is 11.5 Å². The van der Waals surface area contributed by atoms with Crippen molar-refractivity contribution in [1.82, 2.24) is 0 Å². The fraction of sp³-hybridized carbons (Fsp3) is 0.333. The monoisotopic (exact) mass is 304 g/mol. The Bertz CT molecular complexity index is 664. The Labute approximate surface area is 128 Å². The molecular weight excluding hydrogens is 286 g/mol. The van der Waals surface area contributed by atoms with Crippen molar-refractivity contribution in [3.05, 3.63) is 48.0 Å². The molecule has 0 heterocycles. The molecule has 0 saturated heterocycles. The van der Waals surface area contributed by atoms with Crippen LogP contribution in [-0.4, -0.2) is 13.2 Å². The first-order valence-electron chi connectivity index (χ1n) is 7.47. The molecule has 4 heteroatoms. The first-order chi connectivity index (χ1) is 10.7. The standard InChI is InChI=1S/C18H18F2O2/c1-21-17-9-6-12(15-8-7-13(19)11-16(15)20)10-18(17)22-14-4-2-3-5-14/h6-11,14H,2-5H2,1H3. The summed E-state index contributed by atoms with van der Waals surface area (Å²) in [5, 5.41) is 0. The molecule has 0 aromatic heterocycles. The molecular formula is C18H18F2O2. The van der Waals surface area contributed by atoms with Gasteiger partial charge in [-0.15, -0.1) is 0 Å². The van der Waals surface area contributed by atoms with Gasteiger partial charge < -0.3 is 9.47 Å². The largest absolute Gasteiger partial charge is 0.493 e. The number of halogens is 2. The Balaban J connectivity index is 1.95. The second-order valence-electron chi connectivity index (χ2n) is 5.51. The van der Waals surface area contributed by atoms with Crippen molar-refractivity contribution < 1.29 is 18.3 Å². The molecule has 1 aliphatic rings. The smallest absolute Gasteiger partial charge is 0.162 e. The van der Waals surface area contributed by atoms with Crippen molar-refractivity contribution in [2.45, 2.75) is 31.8 Å². The molecule has 2 aromatic carbocycles. The third kappa shape index (κ3) is 3.06. The van der Waals surface area contributed by atoms with Gasteiger partial charge in [0.1, 0.15) is 11.6 Å². The molecule has 3 rings (SSSR count). The van der Waals surface area contributed by atoms with Crippen molar-refractivity contribution in [1.29, 1.82) is 0 Å². The van der Waals surface area contributed by atoms with E-state index in [1.807, 2.05) is 0 Å². The molecule has 1 saturated carbocycles. The van der Waals surface area contributed by atoms with Crippen LogP contribution in [0.4, 0.5) is 8.78 Å². The molecule has 1 aliphatic carbocycles. The van der Waals surface area contributed by atoms with E-state index in [1.165, 1.54) is 25.0 Å². The zero-order valence-electron chi connectivity index (χ0n) is 12.4. The fourth-order valence-corrected chi connectivity index (χ4v) is 2.85. The maximum Gasteiger partial charge on any atom is 0.162 e. The van der Waals surface area contributed by atoms with Gasteiger partial charge in [0.15, 0.2) is 11.5 Å². The predicted octanol–water partition coefficient (Wildman–Crippen LogP) is 4.96. The number of hydrogen-bond acceptors (Lipinski definition) is 2. The molecule has 2 aromatic rings. The highest BCUT2D eigenvalue weighted by molar-refractivity contribution is 5.67. The van der Waals surface area contributed by atoms with Gasteiger partial charge in [0, 0.05) is 11.6 Å². The molecule has 116 valence electrons. The lowest BCUT2D eigenvalue weighted by atomic mass is 10.0. The Hall–Kier alpha value is -2.10. The third-order valence-electron chi connectivity index (χ3n) is 4.00. The predicted molar refractivity (Wildman–Crippen MR) is 81.2 cm³/mol. The molecule has 0 N–H and O–H groups in total. The summed E-state index contributed by atoms with van der Waals surface area (Å²) >= 11 is 0. The van der Waals surface area contributed by atoms with Crippen molar-refractivity contribution in [2.75, 3.05) is 7.11 Å². The van der Waals surface area contributed by atoms with Crippen LogP contribution in [0, 0.1) is 11.6 Å². The van der Waals surface area contributed by atoms with Gasteiger partial charge in [0.2, 0.25) is 0 Å². The minimum Gasteiger partial charge on any atom is -0.493 e. The lowest BCUT2D eigenvalue weighted by Gasteiger charge is -2.17. The van der Waals surface area contributed by atoms with Crippen LogP contribution in [0.1, 0.15) is 25.7 Å². The normalized spacial score (nSPS) is 15.0. The summed E-state index contributed by atoms with van der Waals surface area (Å²) in [7, 11) is 1.58. The Kier molecular flexibility index (Phi) is 4.27. The third-order valence-corrected chi connectivity index (χ3v) is 4.00. The first-order valence-corrected chi connectivity index (χ1v) is 7.47. The van der Waals surface area contributed by atoms with Crippen molar-refractivity contribution in [3.8, 4) is 22.6 Å². The van der Waals surface area contributed by atoms with Crippen molar-refractivity contribution >= 4 is 0 Å². The fourth-order valence-electron chi connectivity index (χ4n) is 2.85. The summed E-state index contributed by atoms with van der Waals surface area (Å²) in [4.78, 5) is 0. The van der Waals surface area contributed by atoms with Crippen LogP contribution >= 0.6 is 0 Å². The van der Waals surface area contributed by atoms with Gasteiger partial charge in [-0.3, -0.25) is 0 Å². The van der Waals surface area contributed by atoms with E-state index in [-0.39, 0.29) is 6.10 Å². The zero-order chi connectivity index (χ0) is 15.5. The molecule has 0 unspecified atom stereocenters. The van der Waals surface area contributed by atoms with Gasteiger partial charge in [-0.05, 0) is 55.5 Å². The van der Waals surface area contributed by atoms with E-state index in [0.717, 1.165) is 18.9 Å². The number of methoxy groups -OCH3 is 1. The van der Waals surface area contributed by atoms with E-state index in [9.17, 15) is 8.78 Å². The summed E-state index contributed by atoms with van der Waals surface area (Å²) < 4.78 is 38.3. The highest BCUT2D eigenvalue weighted by atomic mass is 19.1. The molecule has 0 atom stereocenters. The highest BCUT2D eigenvalue weighted by Gasteiger charge is 2.19. The van der Waals surface area contributed by atoms with Crippen LogP contribution in [-0.2, 0) is 0 Å². The van der Waals surface area contributed by atoms with Gasteiger partial charge >= 0.3 is 0 Å². The number of rotatable bonds is 4. The molecule has 0 aliphatic heterocycles. The zero-order valence-corrected chi connectivity index (χ0v) is 12.4. The van der Waals surface area contributed by atoms with Crippen LogP contribution in [0.2, 0.25) is 0 Å². The highest BCUT2D eigenvalue weighted by Crippen LogP contribution is 2.36. The maximum atomic E-state index is 13.9. The molecule has 2 nitrogen and oxygen atoms in total. The van der Waals surface area contributed by atoms with Crippen LogP contribution in [0.3, 0.4) is 0 Å². The van der Waals surface area contributed by atoms with Crippen LogP contribution < -0.4 is 9.47 Å². The average Bonchev–Trinajstić information content (AvgIpc) is 3.00. The summed E-state index contributed by atoms with van der Waals surface area (Å²) in [6.45, 7) is 0. The number of hydrogen-bond donors (Lipinski definition) is 0. The maximum absolute atomic E-state index is 13.9. The summed E-state index contributed by atoms with van der Waals surface area (Å²) in [5.41, 5.74) is 0.992. The average molecular weight is 304 g/mol. The minimum atomic E-state index is -0.586. The van der Waals surface area contributed by atoms with Gasteiger partial charge in [-0.25, -0.2) is 8.78 Å². The van der Waals surface area contributed by atoms with E-state index in [0.29, 0.717) is 22.6 Å². The van der Waals surface area contributed by atoms with Crippen molar-refractivity contribution in [3.63, 3.8) is 0 Å². The van der Waals surface area contributed by atoms with E-state index in [4.69, 9.17) is 9.47 Å². The van der Waals surface area contributed by atoms with E-state index in [2.05, 4.69) is 0 Å².